The quantitative estimate of drug-likeness (QED) is 0.693. The number of amides is 2. The number of carbonyl (C=O) groups excluding carboxylic acids is 2. The Balaban J connectivity index is 1.81. The molecule has 3 rings (SSSR count). The third kappa shape index (κ3) is 5.66. The van der Waals surface area contributed by atoms with Gasteiger partial charge >= 0.3 is 0 Å². The summed E-state index contributed by atoms with van der Waals surface area (Å²) in [5.74, 6) is 0.0878. The van der Waals surface area contributed by atoms with Crippen molar-refractivity contribution in [1.29, 1.82) is 0 Å². The highest BCUT2D eigenvalue weighted by Crippen LogP contribution is 2.31. The number of rotatable bonds is 7. The molecule has 7 nitrogen and oxygen atoms in total. The molecule has 1 saturated heterocycles. The minimum atomic E-state index is -3.86. The van der Waals surface area contributed by atoms with Crippen LogP contribution >= 0.6 is 0 Å². The molecule has 0 aromatic heterocycles. The smallest absolute Gasteiger partial charge is 0.241 e. The second kappa shape index (κ2) is 10.1. The van der Waals surface area contributed by atoms with Crippen molar-refractivity contribution < 1.29 is 18.0 Å². The van der Waals surface area contributed by atoms with Crippen LogP contribution in [-0.4, -0.2) is 50.8 Å². The summed E-state index contributed by atoms with van der Waals surface area (Å²) in [6.45, 7) is 7.75. The van der Waals surface area contributed by atoms with Crippen LogP contribution in [0, 0.1) is 5.92 Å². The van der Waals surface area contributed by atoms with Crippen molar-refractivity contribution in [1.82, 2.24) is 9.62 Å². The predicted octanol–water partition coefficient (Wildman–Crippen LogP) is 3.08. The first-order valence-electron chi connectivity index (χ1n) is 11.5. The number of nitrogens with one attached hydrogen (secondary N) is 1. The van der Waals surface area contributed by atoms with Crippen molar-refractivity contribution in [2.24, 2.45) is 5.92 Å². The molecule has 0 saturated carbocycles. The molecule has 2 heterocycles. The lowest BCUT2D eigenvalue weighted by atomic mass is 10.0. The number of anilines is 1. The van der Waals surface area contributed by atoms with E-state index in [0.717, 1.165) is 36.9 Å². The molecule has 0 radical (unpaired) electrons. The number of carbonyl (C=O) groups is 2. The lowest BCUT2D eigenvalue weighted by Crippen LogP contribution is -2.49. The predicted molar refractivity (Wildman–Crippen MR) is 121 cm³/mol. The summed E-state index contributed by atoms with van der Waals surface area (Å²) < 4.78 is 29.1. The average molecular weight is 450 g/mol. The third-order valence-corrected chi connectivity index (χ3v) is 7.55. The van der Waals surface area contributed by atoms with E-state index in [1.54, 1.807) is 17.0 Å². The van der Waals surface area contributed by atoms with Gasteiger partial charge in [0.05, 0.1) is 4.90 Å². The lowest BCUT2D eigenvalue weighted by molar-refractivity contribution is -0.133. The minimum Gasteiger partial charge on any atom is -0.341 e. The second-order valence-corrected chi connectivity index (χ2v) is 10.7. The van der Waals surface area contributed by atoms with E-state index in [1.807, 2.05) is 25.7 Å². The van der Waals surface area contributed by atoms with E-state index in [0.29, 0.717) is 38.9 Å². The van der Waals surface area contributed by atoms with E-state index < -0.39 is 16.1 Å². The number of likely N-dealkylation sites (tertiary alicyclic amines) is 1. The van der Waals surface area contributed by atoms with Crippen molar-refractivity contribution in [2.75, 3.05) is 24.5 Å². The van der Waals surface area contributed by atoms with Crippen LogP contribution in [0.2, 0.25) is 0 Å². The largest absolute Gasteiger partial charge is 0.341 e. The SMILES string of the molecule is CCC(=O)N1CCc2cc(S(=O)(=O)N[C@H](CC(C)C)C(=O)N3CCCCCC3)ccc21. The topological polar surface area (TPSA) is 86.8 Å². The van der Waals surface area contributed by atoms with Crippen molar-refractivity contribution in [3.05, 3.63) is 23.8 Å². The van der Waals surface area contributed by atoms with E-state index in [4.69, 9.17) is 0 Å². The Kier molecular flexibility index (Phi) is 7.75. The van der Waals surface area contributed by atoms with Gasteiger partial charge in [-0.05, 0) is 55.4 Å². The van der Waals surface area contributed by atoms with Gasteiger partial charge in [-0.15, -0.1) is 0 Å². The first kappa shape index (κ1) is 23.7. The number of benzene rings is 1. The zero-order chi connectivity index (χ0) is 22.6. The van der Waals surface area contributed by atoms with Crippen LogP contribution < -0.4 is 9.62 Å². The maximum absolute atomic E-state index is 13.2. The summed E-state index contributed by atoms with van der Waals surface area (Å²) in [4.78, 5) is 29.0. The van der Waals surface area contributed by atoms with Gasteiger partial charge in [-0.2, -0.15) is 4.72 Å². The van der Waals surface area contributed by atoms with Crippen molar-refractivity contribution >= 4 is 27.5 Å². The third-order valence-electron chi connectivity index (χ3n) is 6.08. The van der Waals surface area contributed by atoms with Crippen LogP contribution in [0.15, 0.2) is 23.1 Å². The van der Waals surface area contributed by atoms with Gasteiger partial charge in [-0.1, -0.05) is 33.6 Å². The van der Waals surface area contributed by atoms with Crippen LogP contribution in [0.5, 0.6) is 0 Å². The van der Waals surface area contributed by atoms with Crippen LogP contribution in [0.25, 0.3) is 0 Å². The average Bonchev–Trinajstić information content (AvgIpc) is 2.96. The first-order chi connectivity index (χ1) is 14.7. The van der Waals surface area contributed by atoms with Crippen LogP contribution in [0.3, 0.4) is 0 Å². The maximum Gasteiger partial charge on any atom is 0.241 e. The number of hydrogen-bond donors (Lipinski definition) is 1. The minimum absolute atomic E-state index is 0.0347. The Morgan fingerprint density at radius 1 is 1.06 bits per heavy atom. The Morgan fingerprint density at radius 3 is 2.35 bits per heavy atom. The normalized spacial score (nSPS) is 18.1. The van der Waals surface area contributed by atoms with Gasteiger partial charge in [-0.3, -0.25) is 9.59 Å². The fourth-order valence-electron chi connectivity index (χ4n) is 4.43. The highest BCUT2D eigenvalue weighted by atomic mass is 32.2. The molecule has 2 aliphatic rings. The molecule has 1 atom stereocenters. The standard InChI is InChI=1S/C23H35N3O4S/c1-4-22(27)26-14-11-18-16-19(9-10-21(18)26)31(29,30)24-20(15-17(2)3)23(28)25-12-7-5-6-8-13-25/h9-10,16-17,20,24H,4-8,11-15H2,1-3H3/t20-/m1/s1. The molecule has 2 aliphatic heterocycles. The van der Waals surface area contributed by atoms with E-state index in [-0.39, 0.29) is 22.6 Å². The van der Waals surface area contributed by atoms with Gasteiger partial charge in [0, 0.05) is 31.7 Å². The molecular formula is C23H35N3O4S. The number of fused-ring (bicyclic) bond motifs is 1. The molecule has 2 amide bonds. The van der Waals surface area contributed by atoms with Crippen LogP contribution in [-0.2, 0) is 26.0 Å². The van der Waals surface area contributed by atoms with Crippen LogP contribution in [0.4, 0.5) is 5.69 Å². The van der Waals surface area contributed by atoms with Gasteiger partial charge < -0.3 is 9.80 Å². The molecule has 172 valence electrons. The molecule has 1 fully saturated rings. The van der Waals surface area contributed by atoms with Gasteiger partial charge in [-0.25, -0.2) is 8.42 Å². The Bertz CT molecular complexity index is 905. The summed E-state index contributed by atoms with van der Waals surface area (Å²) in [5, 5.41) is 0. The molecular weight excluding hydrogens is 414 g/mol. The van der Waals surface area contributed by atoms with Gasteiger partial charge in [0.2, 0.25) is 21.8 Å². The van der Waals surface area contributed by atoms with E-state index in [9.17, 15) is 18.0 Å². The van der Waals surface area contributed by atoms with Crippen molar-refractivity contribution in [3.8, 4) is 0 Å². The molecule has 0 bridgehead atoms. The highest BCUT2D eigenvalue weighted by molar-refractivity contribution is 7.89. The van der Waals surface area contributed by atoms with Crippen molar-refractivity contribution in [2.45, 2.75) is 76.7 Å². The molecule has 1 aromatic carbocycles. The van der Waals surface area contributed by atoms with Crippen LogP contribution in [0.1, 0.15) is 64.9 Å². The van der Waals surface area contributed by atoms with Crippen molar-refractivity contribution in [3.63, 3.8) is 0 Å². The highest BCUT2D eigenvalue weighted by Gasteiger charge is 2.31. The second-order valence-electron chi connectivity index (χ2n) is 8.98. The number of sulfonamides is 1. The Labute approximate surface area is 186 Å². The Morgan fingerprint density at radius 2 is 1.74 bits per heavy atom. The number of nitrogens with zero attached hydrogens (tertiary/aromatic N) is 2. The van der Waals surface area contributed by atoms with E-state index in [2.05, 4.69) is 4.72 Å². The van der Waals surface area contributed by atoms with Gasteiger partial charge in [0.25, 0.3) is 0 Å². The molecule has 0 aliphatic carbocycles. The molecule has 0 unspecified atom stereocenters. The molecule has 0 spiro atoms. The zero-order valence-corrected chi connectivity index (χ0v) is 19.7. The maximum atomic E-state index is 13.2. The fraction of sp³-hybridized carbons (Fsp3) is 0.652. The van der Waals surface area contributed by atoms with E-state index >= 15 is 0 Å². The lowest BCUT2D eigenvalue weighted by Gasteiger charge is -2.27. The Hall–Kier alpha value is -1.93. The molecule has 31 heavy (non-hydrogen) atoms. The monoisotopic (exact) mass is 449 g/mol. The summed E-state index contributed by atoms with van der Waals surface area (Å²) in [6, 6.07) is 4.11. The van der Waals surface area contributed by atoms with E-state index in [1.165, 1.54) is 6.07 Å². The number of hydrogen-bond acceptors (Lipinski definition) is 4. The summed E-state index contributed by atoms with van der Waals surface area (Å²) in [5.41, 5.74) is 1.63. The first-order valence-corrected chi connectivity index (χ1v) is 13.0. The fourth-order valence-corrected chi connectivity index (χ4v) is 5.69. The summed E-state index contributed by atoms with van der Waals surface area (Å²) in [6.07, 6.45) is 5.64. The summed E-state index contributed by atoms with van der Waals surface area (Å²) in [7, 11) is -3.86. The molecule has 1 N–H and O–H groups in total. The molecule has 1 aromatic rings. The van der Waals surface area contributed by atoms with Gasteiger partial charge in [0.15, 0.2) is 0 Å². The zero-order valence-electron chi connectivity index (χ0n) is 18.9. The summed E-state index contributed by atoms with van der Waals surface area (Å²) >= 11 is 0. The molecule has 8 heteroatoms. The van der Waals surface area contributed by atoms with Gasteiger partial charge in [0.1, 0.15) is 6.04 Å².